The van der Waals surface area contributed by atoms with Gasteiger partial charge in [0.15, 0.2) is 0 Å². The zero-order valence-corrected chi connectivity index (χ0v) is 12.6. The van der Waals surface area contributed by atoms with Crippen molar-refractivity contribution < 1.29 is 14.3 Å². The van der Waals surface area contributed by atoms with Gasteiger partial charge in [-0.2, -0.15) is 5.10 Å². The predicted molar refractivity (Wildman–Crippen MR) is 85.7 cm³/mol. The maximum atomic E-state index is 11.9. The summed E-state index contributed by atoms with van der Waals surface area (Å²) in [4.78, 5) is 11.9. The van der Waals surface area contributed by atoms with E-state index < -0.39 is 0 Å². The molecule has 0 aliphatic heterocycles. The first-order valence-corrected chi connectivity index (χ1v) is 6.93. The molecule has 0 unspecified atom stereocenters. The van der Waals surface area contributed by atoms with Crippen molar-refractivity contribution in [1.82, 2.24) is 5.43 Å². The van der Waals surface area contributed by atoms with Gasteiger partial charge in [-0.15, -0.1) is 0 Å². The van der Waals surface area contributed by atoms with Crippen LogP contribution in [0.2, 0.25) is 0 Å². The standard InChI is InChI=1S/C17H18N2O3/c1-3-22-16-6-4-5-13(11-16)12-18-19-17(20)14-7-9-15(21-2)10-8-14/h4-12H,3H2,1-2H3,(H,19,20)/b18-12+. The van der Waals surface area contributed by atoms with Crippen LogP contribution in [0.15, 0.2) is 53.6 Å². The van der Waals surface area contributed by atoms with E-state index in [2.05, 4.69) is 10.5 Å². The molecule has 2 rings (SSSR count). The summed E-state index contributed by atoms with van der Waals surface area (Å²) in [5, 5.41) is 3.95. The van der Waals surface area contributed by atoms with E-state index in [1.165, 1.54) is 0 Å². The van der Waals surface area contributed by atoms with Gasteiger partial charge in [0.25, 0.3) is 5.91 Å². The Bertz CT molecular complexity index is 651. The van der Waals surface area contributed by atoms with Crippen molar-refractivity contribution in [1.29, 1.82) is 0 Å². The molecule has 0 radical (unpaired) electrons. The van der Waals surface area contributed by atoms with Gasteiger partial charge in [-0.05, 0) is 48.9 Å². The number of benzene rings is 2. The lowest BCUT2D eigenvalue weighted by Gasteiger charge is -2.03. The van der Waals surface area contributed by atoms with E-state index in [1.807, 2.05) is 31.2 Å². The Kier molecular flexibility index (Phi) is 5.54. The molecule has 0 heterocycles. The molecule has 1 N–H and O–H groups in total. The lowest BCUT2D eigenvalue weighted by atomic mass is 10.2. The monoisotopic (exact) mass is 298 g/mol. The molecule has 5 heteroatoms. The topological polar surface area (TPSA) is 59.9 Å². The molecule has 114 valence electrons. The van der Waals surface area contributed by atoms with Crippen LogP contribution >= 0.6 is 0 Å². The number of amides is 1. The highest BCUT2D eigenvalue weighted by molar-refractivity contribution is 5.95. The van der Waals surface area contributed by atoms with Crippen LogP contribution in [0.3, 0.4) is 0 Å². The fourth-order valence-electron chi connectivity index (χ4n) is 1.82. The van der Waals surface area contributed by atoms with Gasteiger partial charge in [0, 0.05) is 5.56 Å². The summed E-state index contributed by atoms with van der Waals surface area (Å²) in [6.45, 7) is 2.53. The number of nitrogens with zero attached hydrogens (tertiary/aromatic N) is 1. The molecule has 2 aromatic rings. The summed E-state index contributed by atoms with van der Waals surface area (Å²) in [5.41, 5.74) is 3.85. The van der Waals surface area contributed by atoms with E-state index >= 15 is 0 Å². The summed E-state index contributed by atoms with van der Waals surface area (Å²) in [5.74, 6) is 1.19. The SMILES string of the molecule is CCOc1cccc(/C=N/NC(=O)c2ccc(OC)cc2)c1. The normalized spacial score (nSPS) is 10.5. The van der Waals surface area contributed by atoms with Crippen LogP contribution in [0.5, 0.6) is 11.5 Å². The lowest BCUT2D eigenvalue weighted by molar-refractivity contribution is 0.0955. The van der Waals surface area contributed by atoms with E-state index in [4.69, 9.17) is 9.47 Å². The highest BCUT2D eigenvalue weighted by Gasteiger charge is 2.03. The van der Waals surface area contributed by atoms with Gasteiger partial charge in [0.2, 0.25) is 0 Å². The van der Waals surface area contributed by atoms with Gasteiger partial charge < -0.3 is 9.47 Å². The van der Waals surface area contributed by atoms with Crippen LogP contribution in [0.1, 0.15) is 22.8 Å². The first kappa shape index (κ1) is 15.6. The maximum absolute atomic E-state index is 11.9. The summed E-state index contributed by atoms with van der Waals surface area (Å²) in [6.07, 6.45) is 1.57. The molecule has 0 atom stereocenters. The Hall–Kier alpha value is -2.82. The Labute approximate surface area is 129 Å². The van der Waals surface area contributed by atoms with Crippen LogP contribution in [-0.2, 0) is 0 Å². The highest BCUT2D eigenvalue weighted by Crippen LogP contribution is 2.12. The average molecular weight is 298 g/mol. The van der Waals surface area contributed by atoms with Crippen LogP contribution in [-0.4, -0.2) is 25.8 Å². The first-order chi connectivity index (χ1) is 10.7. The minimum Gasteiger partial charge on any atom is -0.497 e. The fourth-order valence-corrected chi connectivity index (χ4v) is 1.82. The number of carbonyl (C=O) groups is 1. The van der Waals surface area contributed by atoms with Gasteiger partial charge in [0.1, 0.15) is 11.5 Å². The van der Waals surface area contributed by atoms with Gasteiger partial charge in [-0.1, -0.05) is 12.1 Å². The zero-order chi connectivity index (χ0) is 15.8. The number of ether oxygens (including phenoxy) is 2. The van der Waals surface area contributed by atoms with Crippen LogP contribution in [0.25, 0.3) is 0 Å². The zero-order valence-electron chi connectivity index (χ0n) is 12.6. The van der Waals surface area contributed by atoms with Crippen molar-refractivity contribution in [2.24, 2.45) is 5.10 Å². The van der Waals surface area contributed by atoms with Gasteiger partial charge in [-0.25, -0.2) is 5.43 Å². The first-order valence-electron chi connectivity index (χ1n) is 6.93. The molecule has 2 aromatic carbocycles. The molecule has 0 fully saturated rings. The number of nitrogens with one attached hydrogen (secondary N) is 1. The number of hydrogen-bond acceptors (Lipinski definition) is 4. The van der Waals surface area contributed by atoms with Crippen molar-refractivity contribution in [3.63, 3.8) is 0 Å². The smallest absolute Gasteiger partial charge is 0.271 e. The summed E-state index contributed by atoms with van der Waals surface area (Å²) in [7, 11) is 1.58. The molecule has 0 aliphatic carbocycles. The Morgan fingerprint density at radius 1 is 1.18 bits per heavy atom. The number of carbonyl (C=O) groups excluding carboxylic acids is 1. The van der Waals surface area contributed by atoms with Crippen molar-refractivity contribution in [3.8, 4) is 11.5 Å². The van der Waals surface area contributed by atoms with E-state index in [0.29, 0.717) is 17.9 Å². The average Bonchev–Trinajstić information content (AvgIpc) is 2.55. The van der Waals surface area contributed by atoms with Gasteiger partial charge in [-0.3, -0.25) is 4.79 Å². The molecular weight excluding hydrogens is 280 g/mol. The van der Waals surface area contributed by atoms with Crippen molar-refractivity contribution in [3.05, 3.63) is 59.7 Å². The quantitative estimate of drug-likeness (QED) is 0.659. The van der Waals surface area contributed by atoms with E-state index in [0.717, 1.165) is 11.3 Å². The molecule has 1 amide bonds. The predicted octanol–water partition coefficient (Wildman–Crippen LogP) is 2.86. The van der Waals surface area contributed by atoms with Crippen molar-refractivity contribution >= 4 is 12.1 Å². The molecule has 0 saturated carbocycles. The van der Waals surface area contributed by atoms with Crippen LogP contribution in [0, 0.1) is 0 Å². The number of methoxy groups -OCH3 is 1. The minimum atomic E-state index is -0.278. The Morgan fingerprint density at radius 2 is 1.95 bits per heavy atom. The fraction of sp³-hybridized carbons (Fsp3) is 0.176. The van der Waals surface area contributed by atoms with E-state index in [9.17, 15) is 4.79 Å². The second kappa shape index (κ2) is 7.83. The number of rotatable bonds is 6. The van der Waals surface area contributed by atoms with E-state index in [1.54, 1.807) is 37.6 Å². The van der Waals surface area contributed by atoms with Crippen molar-refractivity contribution in [2.45, 2.75) is 6.92 Å². The largest absolute Gasteiger partial charge is 0.497 e. The Balaban J connectivity index is 1.96. The third-order valence-electron chi connectivity index (χ3n) is 2.90. The van der Waals surface area contributed by atoms with Crippen LogP contribution < -0.4 is 14.9 Å². The Morgan fingerprint density at radius 3 is 2.64 bits per heavy atom. The summed E-state index contributed by atoms with van der Waals surface area (Å²) in [6, 6.07) is 14.3. The molecule has 0 bridgehead atoms. The summed E-state index contributed by atoms with van der Waals surface area (Å²) < 4.78 is 10.4. The number of hydrazone groups is 1. The second-order valence-corrected chi connectivity index (χ2v) is 4.43. The molecule has 5 nitrogen and oxygen atoms in total. The second-order valence-electron chi connectivity index (χ2n) is 4.43. The molecule has 0 aliphatic rings. The molecular formula is C17H18N2O3. The van der Waals surface area contributed by atoms with E-state index in [-0.39, 0.29) is 5.91 Å². The van der Waals surface area contributed by atoms with Crippen LogP contribution in [0.4, 0.5) is 0 Å². The maximum Gasteiger partial charge on any atom is 0.271 e. The molecule has 22 heavy (non-hydrogen) atoms. The molecule has 0 saturated heterocycles. The third-order valence-corrected chi connectivity index (χ3v) is 2.90. The van der Waals surface area contributed by atoms with Gasteiger partial charge in [0.05, 0.1) is 19.9 Å². The molecule has 0 spiro atoms. The summed E-state index contributed by atoms with van der Waals surface area (Å²) >= 11 is 0. The minimum absolute atomic E-state index is 0.278. The number of hydrogen-bond donors (Lipinski definition) is 1. The molecule has 0 aromatic heterocycles. The van der Waals surface area contributed by atoms with Gasteiger partial charge >= 0.3 is 0 Å². The highest BCUT2D eigenvalue weighted by atomic mass is 16.5. The van der Waals surface area contributed by atoms with Crippen molar-refractivity contribution in [2.75, 3.05) is 13.7 Å². The third kappa shape index (κ3) is 4.34. The lowest BCUT2D eigenvalue weighted by Crippen LogP contribution is -2.17.